The Morgan fingerprint density at radius 3 is 2.25 bits per heavy atom. The van der Waals surface area contributed by atoms with Crippen LogP contribution in [0.2, 0.25) is 0 Å². The SMILES string of the molecule is CC(=O)OC[C@H]1O[C@@H](OC(C)=O)[C@H](N=Cc2ccc3cccc(O)c3n2)[C@@H](OC(C)=O)[C@@H]1OC(C)=O. The van der Waals surface area contributed by atoms with Crippen molar-refractivity contribution in [3.05, 3.63) is 36.0 Å². The number of ether oxygens (including phenoxy) is 5. The molecule has 36 heavy (non-hydrogen) atoms. The van der Waals surface area contributed by atoms with Gasteiger partial charge in [-0.15, -0.1) is 0 Å². The van der Waals surface area contributed by atoms with Gasteiger partial charge in [-0.2, -0.15) is 0 Å². The van der Waals surface area contributed by atoms with Crippen LogP contribution in [0, 0.1) is 0 Å². The summed E-state index contributed by atoms with van der Waals surface area (Å²) in [5.41, 5.74) is 0.673. The van der Waals surface area contributed by atoms with Gasteiger partial charge in [0.25, 0.3) is 0 Å². The zero-order valence-electron chi connectivity index (χ0n) is 20.1. The lowest BCUT2D eigenvalue weighted by molar-refractivity contribution is -0.266. The van der Waals surface area contributed by atoms with E-state index in [-0.39, 0.29) is 12.4 Å². The molecule has 192 valence electrons. The molecular formula is C24H26N2O10. The van der Waals surface area contributed by atoms with Crippen LogP contribution in [-0.2, 0) is 42.9 Å². The number of nitrogens with zero attached hydrogens (tertiary/aromatic N) is 2. The summed E-state index contributed by atoms with van der Waals surface area (Å²) < 4.78 is 26.9. The minimum absolute atomic E-state index is 0.0254. The minimum atomic E-state index is -1.38. The van der Waals surface area contributed by atoms with Gasteiger partial charge in [-0.25, -0.2) is 4.98 Å². The molecule has 0 radical (unpaired) electrons. The highest BCUT2D eigenvalue weighted by Crippen LogP contribution is 2.30. The number of phenolic OH excluding ortho intramolecular Hbond substituents is 1. The molecule has 5 atom stereocenters. The van der Waals surface area contributed by atoms with E-state index in [9.17, 15) is 24.3 Å². The van der Waals surface area contributed by atoms with Crippen LogP contribution in [0.4, 0.5) is 0 Å². The van der Waals surface area contributed by atoms with Crippen molar-refractivity contribution >= 4 is 41.0 Å². The quantitative estimate of drug-likeness (QED) is 0.331. The number of para-hydroxylation sites is 1. The maximum Gasteiger partial charge on any atom is 0.305 e. The average Bonchev–Trinajstić information content (AvgIpc) is 2.78. The molecule has 1 saturated heterocycles. The second kappa shape index (κ2) is 11.6. The van der Waals surface area contributed by atoms with E-state index in [1.807, 2.05) is 0 Å². The molecule has 1 aromatic heterocycles. The summed E-state index contributed by atoms with van der Waals surface area (Å²) >= 11 is 0. The monoisotopic (exact) mass is 502 g/mol. The molecule has 1 aromatic carbocycles. The summed E-state index contributed by atoms with van der Waals surface area (Å²) in [6.45, 7) is 4.26. The lowest BCUT2D eigenvalue weighted by atomic mass is 9.96. The Morgan fingerprint density at radius 2 is 1.61 bits per heavy atom. The van der Waals surface area contributed by atoms with Crippen molar-refractivity contribution < 1.29 is 48.0 Å². The Morgan fingerprint density at radius 1 is 0.944 bits per heavy atom. The van der Waals surface area contributed by atoms with Crippen LogP contribution in [0.15, 0.2) is 35.3 Å². The number of phenols is 1. The van der Waals surface area contributed by atoms with Gasteiger partial charge in [0.1, 0.15) is 24.0 Å². The molecule has 12 nitrogen and oxygen atoms in total. The van der Waals surface area contributed by atoms with E-state index in [0.717, 1.165) is 20.8 Å². The van der Waals surface area contributed by atoms with Gasteiger partial charge in [-0.1, -0.05) is 18.2 Å². The van der Waals surface area contributed by atoms with Crippen molar-refractivity contribution in [3.8, 4) is 5.75 Å². The summed E-state index contributed by atoms with van der Waals surface area (Å²) in [6, 6.07) is 7.14. The highest BCUT2D eigenvalue weighted by atomic mass is 16.7. The largest absolute Gasteiger partial charge is 0.506 e. The van der Waals surface area contributed by atoms with E-state index in [4.69, 9.17) is 23.7 Å². The third-order valence-corrected chi connectivity index (χ3v) is 5.05. The van der Waals surface area contributed by atoms with E-state index in [2.05, 4.69) is 9.98 Å². The number of aliphatic imine (C=N–C) groups is 1. The van der Waals surface area contributed by atoms with E-state index in [1.54, 1.807) is 24.3 Å². The molecular weight excluding hydrogens is 476 g/mol. The first-order chi connectivity index (χ1) is 17.0. The number of esters is 4. The smallest absolute Gasteiger partial charge is 0.305 e. The van der Waals surface area contributed by atoms with Crippen molar-refractivity contribution in [2.45, 2.75) is 58.3 Å². The van der Waals surface area contributed by atoms with Gasteiger partial charge in [0.05, 0.1) is 5.69 Å². The molecule has 12 heteroatoms. The number of aromatic hydroxyl groups is 1. The van der Waals surface area contributed by atoms with Crippen LogP contribution < -0.4 is 0 Å². The number of rotatable bonds is 7. The van der Waals surface area contributed by atoms with E-state index in [1.165, 1.54) is 19.2 Å². The summed E-state index contributed by atoms with van der Waals surface area (Å²) in [7, 11) is 0. The molecule has 0 aliphatic carbocycles. The van der Waals surface area contributed by atoms with Crippen LogP contribution in [0.3, 0.4) is 0 Å². The zero-order chi connectivity index (χ0) is 26.4. The van der Waals surface area contributed by atoms with Gasteiger partial charge >= 0.3 is 23.9 Å². The van der Waals surface area contributed by atoms with Gasteiger partial charge in [0, 0.05) is 39.3 Å². The van der Waals surface area contributed by atoms with Gasteiger partial charge < -0.3 is 28.8 Å². The highest BCUT2D eigenvalue weighted by molar-refractivity contribution is 5.88. The summed E-state index contributed by atoms with van der Waals surface area (Å²) in [5.74, 6) is -2.80. The molecule has 1 fully saturated rings. The summed E-state index contributed by atoms with van der Waals surface area (Å²) in [4.78, 5) is 55.7. The number of carbonyl (C=O) groups is 4. The Labute approximate surface area is 206 Å². The van der Waals surface area contributed by atoms with Crippen molar-refractivity contribution in [3.63, 3.8) is 0 Å². The fourth-order valence-corrected chi connectivity index (χ4v) is 3.68. The van der Waals surface area contributed by atoms with Gasteiger partial charge in [-0.3, -0.25) is 24.2 Å². The van der Waals surface area contributed by atoms with Gasteiger partial charge in [-0.05, 0) is 12.1 Å². The highest BCUT2D eigenvalue weighted by Gasteiger charge is 2.51. The topological polar surface area (TPSA) is 160 Å². The van der Waals surface area contributed by atoms with E-state index >= 15 is 0 Å². The zero-order valence-corrected chi connectivity index (χ0v) is 20.1. The van der Waals surface area contributed by atoms with Crippen molar-refractivity contribution in [1.82, 2.24) is 4.98 Å². The standard InChI is InChI=1S/C24H26N2O10/c1-12(27)32-11-19-22(33-13(2)28)23(34-14(3)29)21(24(36-19)35-15(4)30)25-10-17-9-8-16-6-5-7-18(31)20(16)26-17/h5-10,19,21-24,31H,11H2,1-4H3/t19-,21-,22-,23-,24-/m1/s1. The molecule has 1 N–H and O–H groups in total. The Balaban J connectivity index is 2.02. The van der Waals surface area contributed by atoms with Crippen molar-refractivity contribution in [1.29, 1.82) is 0 Å². The second-order valence-electron chi connectivity index (χ2n) is 7.96. The molecule has 0 unspecified atom stereocenters. The molecule has 0 bridgehead atoms. The average molecular weight is 502 g/mol. The number of hydrogen-bond acceptors (Lipinski definition) is 12. The number of hydrogen-bond donors (Lipinski definition) is 1. The summed E-state index contributed by atoms with van der Waals surface area (Å²) in [5, 5.41) is 10.8. The third-order valence-electron chi connectivity index (χ3n) is 5.05. The molecule has 0 saturated carbocycles. The van der Waals surface area contributed by atoms with Crippen LogP contribution in [0.1, 0.15) is 33.4 Å². The summed E-state index contributed by atoms with van der Waals surface area (Å²) in [6.07, 6.45) is -3.70. The Bertz CT molecular complexity index is 1180. The molecule has 2 aromatic rings. The van der Waals surface area contributed by atoms with Gasteiger partial charge in [0.15, 0.2) is 18.2 Å². The number of fused-ring (bicyclic) bond motifs is 1. The van der Waals surface area contributed by atoms with Crippen LogP contribution in [0.5, 0.6) is 5.75 Å². The number of benzene rings is 1. The lowest BCUT2D eigenvalue weighted by Crippen LogP contribution is -2.61. The van der Waals surface area contributed by atoms with Crippen LogP contribution in [0.25, 0.3) is 10.9 Å². The van der Waals surface area contributed by atoms with E-state index < -0.39 is 54.5 Å². The number of carbonyl (C=O) groups excluding carboxylic acids is 4. The minimum Gasteiger partial charge on any atom is -0.506 e. The maximum atomic E-state index is 12.0. The first-order valence-electron chi connectivity index (χ1n) is 11.0. The molecule has 3 rings (SSSR count). The van der Waals surface area contributed by atoms with Crippen LogP contribution in [-0.4, -0.2) is 77.4 Å². The first-order valence-corrected chi connectivity index (χ1v) is 11.0. The predicted molar refractivity (Wildman–Crippen MR) is 123 cm³/mol. The lowest BCUT2D eigenvalue weighted by Gasteiger charge is -2.42. The molecule has 2 heterocycles. The third kappa shape index (κ3) is 6.75. The van der Waals surface area contributed by atoms with E-state index in [0.29, 0.717) is 16.6 Å². The van der Waals surface area contributed by atoms with Crippen molar-refractivity contribution in [2.24, 2.45) is 4.99 Å². The fourth-order valence-electron chi connectivity index (χ4n) is 3.68. The van der Waals surface area contributed by atoms with Gasteiger partial charge in [0.2, 0.25) is 6.29 Å². The second-order valence-corrected chi connectivity index (χ2v) is 7.96. The van der Waals surface area contributed by atoms with Crippen molar-refractivity contribution in [2.75, 3.05) is 6.61 Å². The predicted octanol–water partition coefficient (Wildman–Crippen LogP) is 1.44. The number of pyridine rings is 1. The Hall–Kier alpha value is -4.06. The first kappa shape index (κ1) is 26.5. The molecule has 0 spiro atoms. The molecule has 0 amide bonds. The molecule has 1 aliphatic heterocycles. The fraction of sp³-hybridized carbons (Fsp3) is 0.417. The molecule has 1 aliphatic rings. The maximum absolute atomic E-state index is 12.0. The number of aromatic nitrogens is 1. The van der Waals surface area contributed by atoms with Crippen LogP contribution >= 0.6 is 0 Å². The Kier molecular flexibility index (Phi) is 8.54. The normalized spacial score (nSPS) is 23.7.